The number of rotatable bonds is 3. The van der Waals surface area contributed by atoms with Crippen molar-refractivity contribution in [3.05, 3.63) is 29.1 Å². The lowest BCUT2D eigenvalue weighted by Crippen LogP contribution is -2.37. The fourth-order valence-corrected chi connectivity index (χ4v) is 3.40. The Hall–Kier alpha value is -2.18. The number of nitrogens with one attached hydrogen (secondary N) is 1. The van der Waals surface area contributed by atoms with Crippen LogP contribution in [0, 0.1) is 6.92 Å². The van der Waals surface area contributed by atoms with Gasteiger partial charge in [-0.25, -0.2) is 0 Å². The third-order valence-electron chi connectivity index (χ3n) is 5.10. The number of nitrogens with zero attached hydrogens (tertiary/aromatic N) is 5. The zero-order valence-corrected chi connectivity index (χ0v) is 13.6. The maximum Gasteiger partial charge on any atom is 0.274 e. The Balaban J connectivity index is 1.45. The van der Waals surface area contributed by atoms with Gasteiger partial charge in [-0.3, -0.25) is 9.89 Å². The predicted molar refractivity (Wildman–Crippen MR) is 84.1 cm³/mol. The van der Waals surface area contributed by atoms with Crippen molar-refractivity contribution in [3.63, 3.8) is 0 Å². The molecule has 23 heavy (non-hydrogen) atoms. The van der Waals surface area contributed by atoms with E-state index < -0.39 is 0 Å². The molecule has 1 unspecified atom stereocenters. The summed E-state index contributed by atoms with van der Waals surface area (Å²) in [6, 6.07) is 2.14. The first-order valence-electron chi connectivity index (χ1n) is 8.34. The zero-order chi connectivity index (χ0) is 16.0. The van der Waals surface area contributed by atoms with Gasteiger partial charge in [-0.05, 0) is 38.7 Å². The normalized spacial score (nSPS) is 20.9. The van der Waals surface area contributed by atoms with Crippen LogP contribution >= 0.6 is 0 Å². The minimum absolute atomic E-state index is 0.00698. The maximum atomic E-state index is 12.7. The highest BCUT2D eigenvalue weighted by atomic mass is 16.2. The molecular formula is C16H22N6O. The van der Waals surface area contributed by atoms with Gasteiger partial charge < -0.3 is 9.47 Å². The Morgan fingerprint density at radius 1 is 1.30 bits per heavy atom. The molecule has 1 aliphatic carbocycles. The molecular weight excluding hydrogens is 292 g/mol. The molecule has 4 rings (SSSR count). The van der Waals surface area contributed by atoms with E-state index in [1.807, 2.05) is 24.9 Å². The third kappa shape index (κ3) is 2.64. The van der Waals surface area contributed by atoms with E-state index in [4.69, 9.17) is 0 Å². The van der Waals surface area contributed by atoms with Gasteiger partial charge in [-0.2, -0.15) is 5.10 Å². The summed E-state index contributed by atoms with van der Waals surface area (Å²) in [6.07, 6.45) is 5.10. The smallest absolute Gasteiger partial charge is 0.274 e. The molecule has 1 N–H and O–H groups in total. The molecule has 3 heterocycles. The highest BCUT2D eigenvalue weighted by Crippen LogP contribution is 2.39. The largest absolute Gasteiger partial charge is 0.337 e. The molecule has 2 aromatic heterocycles. The van der Waals surface area contributed by atoms with Gasteiger partial charge in [-0.15, -0.1) is 10.2 Å². The molecule has 1 fully saturated rings. The number of fused-ring (bicyclic) bond motifs is 1. The van der Waals surface area contributed by atoms with Crippen molar-refractivity contribution in [2.75, 3.05) is 7.05 Å². The highest BCUT2D eigenvalue weighted by molar-refractivity contribution is 5.92. The van der Waals surface area contributed by atoms with Crippen LogP contribution in [0.2, 0.25) is 0 Å². The molecule has 0 spiro atoms. The van der Waals surface area contributed by atoms with Gasteiger partial charge in [-0.1, -0.05) is 0 Å². The van der Waals surface area contributed by atoms with Crippen molar-refractivity contribution in [3.8, 4) is 0 Å². The van der Waals surface area contributed by atoms with Crippen LogP contribution in [0.3, 0.4) is 0 Å². The Labute approximate surface area is 135 Å². The van der Waals surface area contributed by atoms with Crippen LogP contribution < -0.4 is 0 Å². The molecule has 0 saturated heterocycles. The topological polar surface area (TPSA) is 79.7 Å². The lowest BCUT2D eigenvalue weighted by Gasteiger charge is -2.26. The van der Waals surface area contributed by atoms with E-state index in [1.54, 1.807) is 0 Å². The summed E-state index contributed by atoms with van der Waals surface area (Å²) in [6.45, 7) is 2.85. The molecule has 2 aliphatic rings. The van der Waals surface area contributed by atoms with E-state index in [9.17, 15) is 4.79 Å². The highest BCUT2D eigenvalue weighted by Gasteiger charge is 2.29. The van der Waals surface area contributed by atoms with Crippen LogP contribution in [0.4, 0.5) is 0 Å². The van der Waals surface area contributed by atoms with Crippen molar-refractivity contribution in [1.82, 2.24) is 29.9 Å². The van der Waals surface area contributed by atoms with Crippen molar-refractivity contribution >= 4 is 5.91 Å². The van der Waals surface area contributed by atoms with Gasteiger partial charge in [0.1, 0.15) is 17.3 Å². The Morgan fingerprint density at radius 3 is 2.91 bits per heavy atom. The maximum absolute atomic E-state index is 12.7. The number of aromatic nitrogens is 5. The van der Waals surface area contributed by atoms with E-state index in [-0.39, 0.29) is 11.9 Å². The second-order valence-electron chi connectivity index (χ2n) is 6.70. The number of hydrogen-bond acceptors (Lipinski definition) is 4. The van der Waals surface area contributed by atoms with E-state index in [2.05, 4.69) is 25.0 Å². The number of amides is 1. The number of aromatic amines is 1. The number of H-pyrrole nitrogens is 1. The summed E-state index contributed by atoms with van der Waals surface area (Å²) in [4.78, 5) is 14.5. The molecule has 0 bridgehead atoms. The van der Waals surface area contributed by atoms with Crippen LogP contribution in [0.5, 0.6) is 0 Å². The average Bonchev–Trinajstić information content (AvgIpc) is 3.25. The first-order chi connectivity index (χ1) is 11.1. The minimum Gasteiger partial charge on any atom is -0.337 e. The van der Waals surface area contributed by atoms with Crippen molar-refractivity contribution in [2.45, 2.75) is 57.5 Å². The molecule has 7 nitrogen and oxygen atoms in total. The first kappa shape index (κ1) is 14.4. The van der Waals surface area contributed by atoms with Crippen LogP contribution in [0.25, 0.3) is 0 Å². The molecule has 122 valence electrons. The lowest BCUT2D eigenvalue weighted by atomic mass is 10.1. The van der Waals surface area contributed by atoms with Crippen LogP contribution in [0.1, 0.15) is 59.4 Å². The van der Waals surface area contributed by atoms with E-state index in [0.717, 1.165) is 43.1 Å². The van der Waals surface area contributed by atoms with Crippen LogP contribution in [-0.2, 0) is 13.0 Å². The standard InChI is InChI=1S/C16H22N6O/c1-10-17-20-15-6-5-12(7-8-22(10)15)21(2)16(23)14-9-13(18-19-14)11-3-4-11/h9,11-12H,3-8H2,1-2H3,(H,18,19). The van der Waals surface area contributed by atoms with E-state index in [0.29, 0.717) is 11.6 Å². The lowest BCUT2D eigenvalue weighted by molar-refractivity contribution is 0.0710. The fraction of sp³-hybridized carbons (Fsp3) is 0.625. The molecule has 7 heteroatoms. The SMILES string of the molecule is Cc1nnc2n1CCC(N(C)C(=O)c1cc(C3CC3)[nH]n1)CC2. The fourth-order valence-electron chi connectivity index (χ4n) is 3.40. The van der Waals surface area contributed by atoms with Gasteiger partial charge >= 0.3 is 0 Å². The van der Waals surface area contributed by atoms with Gasteiger partial charge in [0.2, 0.25) is 0 Å². The van der Waals surface area contributed by atoms with Crippen LogP contribution in [-0.4, -0.2) is 48.9 Å². The molecule has 0 aromatic carbocycles. The third-order valence-corrected chi connectivity index (χ3v) is 5.10. The van der Waals surface area contributed by atoms with Crippen LogP contribution in [0.15, 0.2) is 6.07 Å². The Bertz CT molecular complexity index is 729. The quantitative estimate of drug-likeness (QED) is 0.934. The number of carbonyl (C=O) groups excluding carboxylic acids is 1. The molecule has 1 amide bonds. The summed E-state index contributed by atoms with van der Waals surface area (Å²) in [5, 5.41) is 15.6. The molecule has 2 aromatic rings. The average molecular weight is 314 g/mol. The predicted octanol–water partition coefficient (Wildman–Crippen LogP) is 1.66. The Kier molecular flexibility index (Phi) is 3.43. The summed E-state index contributed by atoms with van der Waals surface area (Å²) in [7, 11) is 1.89. The zero-order valence-electron chi connectivity index (χ0n) is 13.6. The first-order valence-corrected chi connectivity index (χ1v) is 8.34. The van der Waals surface area contributed by atoms with Crippen molar-refractivity contribution in [1.29, 1.82) is 0 Å². The molecule has 1 aliphatic heterocycles. The molecule has 1 atom stereocenters. The number of carbonyl (C=O) groups is 1. The van der Waals surface area contributed by atoms with E-state index in [1.165, 1.54) is 12.8 Å². The van der Waals surface area contributed by atoms with Crippen molar-refractivity contribution in [2.24, 2.45) is 0 Å². The number of hydrogen-bond donors (Lipinski definition) is 1. The van der Waals surface area contributed by atoms with Gasteiger partial charge in [0, 0.05) is 37.7 Å². The van der Waals surface area contributed by atoms with Gasteiger partial charge in [0.05, 0.1) is 0 Å². The molecule has 1 saturated carbocycles. The monoisotopic (exact) mass is 314 g/mol. The Morgan fingerprint density at radius 2 is 2.13 bits per heavy atom. The minimum atomic E-state index is 0.00698. The summed E-state index contributed by atoms with van der Waals surface area (Å²) in [5.41, 5.74) is 1.64. The molecule has 0 radical (unpaired) electrons. The van der Waals surface area contributed by atoms with Gasteiger partial charge in [0.15, 0.2) is 0 Å². The second-order valence-corrected chi connectivity index (χ2v) is 6.70. The van der Waals surface area contributed by atoms with E-state index >= 15 is 0 Å². The summed E-state index contributed by atoms with van der Waals surface area (Å²) >= 11 is 0. The number of aryl methyl sites for hydroxylation is 2. The summed E-state index contributed by atoms with van der Waals surface area (Å²) < 4.78 is 2.16. The summed E-state index contributed by atoms with van der Waals surface area (Å²) in [5.74, 6) is 2.57. The van der Waals surface area contributed by atoms with Gasteiger partial charge in [0.25, 0.3) is 5.91 Å². The van der Waals surface area contributed by atoms with Crippen molar-refractivity contribution < 1.29 is 4.79 Å². The second kappa shape index (κ2) is 5.47.